The van der Waals surface area contributed by atoms with Crippen molar-refractivity contribution in [3.8, 4) is 33.6 Å². The zero-order chi connectivity index (χ0) is 33.3. The van der Waals surface area contributed by atoms with Gasteiger partial charge in [-0.3, -0.25) is 0 Å². The molecule has 0 bridgehead atoms. The number of fused-ring (bicyclic) bond motifs is 14. The Labute approximate surface area is 291 Å². The van der Waals surface area contributed by atoms with Crippen molar-refractivity contribution in [2.45, 2.75) is 26.2 Å². The third kappa shape index (κ3) is 3.33. The molecular formula is C48H34N2. The number of para-hydroxylation sites is 3. The van der Waals surface area contributed by atoms with E-state index in [0.717, 1.165) is 0 Å². The van der Waals surface area contributed by atoms with Gasteiger partial charge in [0.2, 0.25) is 0 Å². The minimum absolute atomic E-state index is 0.459. The molecular weight excluding hydrogens is 605 g/mol. The molecule has 7 aromatic carbocycles. The van der Waals surface area contributed by atoms with Crippen molar-refractivity contribution in [2.75, 3.05) is 0 Å². The second-order valence-corrected chi connectivity index (χ2v) is 14.2. The molecule has 0 saturated carbocycles. The molecule has 236 valence electrons. The van der Waals surface area contributed by atoms with Crippen LogP contribution in [-0.2, 0) is 5.41 Å². The van der Waals surface area contributed by atoms with Gasteiger partial charge in [0.1, 0.15) is 0 Å². The quantitative estimate of drug-likeness (QED) is 0.178. The van der Waals surface area contributed by atoms with Gasteiger partial charge in [-0.15, -0.1) is 0 Å². The molecule has 2 aliphatic carbocycles. The van der Waals surface area contributed by atoms with E-state index in [4.69, 9.17) is 0 Å². The highest BCUT2D eigenvalue weighted by molar-refractivity contribution is 6.09. The van der Waals surface area contributed by atoms with Crippen LogP contribution in [0.25, 0.3) is 66.3 Å². The average molecular weight is 639 g/mol. The van der Waals surface area contributed by atoms with E-state index in [9.17, 15) is 0 Å². The minimum Gasteiger partial charge on any atom is -0.314 e. The summed E-state index contributed by atoms with van der Waals surface area (Å²) in [5.41, 5.74) is 20.3. The van der Waals surface area contributed by atoms with Crippen LogP contribution in [-0.4, -0.2) is 9.13 Å². The van der Waals surface area contributed by atoms with Crippen LogP contribution in [0.5, 0.6) is 0 Å². The molecule has 0 N–H and O–H groups in total. The standard InChI is InChI=1S/C48H34N2/c1-29-20-23-36-35-13-4-8-16-41(35)48(42(36)26-29)43-27-32(49-31(3)30(2)34-12-5-9-17-45(34)49)21-24-37(43)38-25-22-33(28-44(38)48)50-46-18-10-6-14-39(46)40-15-7-11-19-47(40)50/h4-28H,1-3H3. The van der Waals surface area contributed by atoms with Gasteiger partial charge in [-0.25, -0.2) is 0 Å². The van der Waals surface area contributed by atoms with E-state index in [1.807, 2.05) is 0 Å². The molecule has 1 spiro atoms. The second-order valence-electron chi connectivity index (χ2n) is 14.2. The molecule has 2 aromatic heterocycles. The summed E-state index contributed by atoms with van der Waals surface area (Å²) < 4.78 is 4.92. The lowest BCUT2D eigenvalue weighted by atomic mass is 9.70. The maximum atomic E-state index is 2.50. The summed E-state index contributed by atoms with van der Waals surface area (Å²) in [4.78, 5) is 0. The Hall–Kier alpha value is -6.12. The van der Waals surface area contributed by atoms with Crippen molar-refractivity contribution in [3.05, 3.63) is 191 Å². The van der Waals surface area contributed by atoms with Gasteiger partial charge in [-0.05, 0) is 113 Å². The minimum atomic E-state index is -0.459. The molecule has 0 radical (unpaired) electrons. The van der Waals surface area contributed by atoms with Gasteiger partial charge in [0.15, 0.2) is 0 Å². The van der Waals surface area contributed by atoms with Crippen LogP contribution in [0, 0.1) is 20.8 Å². The number of hydrogen-bond acceptors (Lipinski definition) is 0. The highest BCUT2D eigenvalue weighted by atomic mass is 15.0. The molecule has 2 heterocycles. The molecule has 0 fully saturated rings. The molecule has 9 aromatic rings. The fraction of sp³-hybridized carbons (Fsp3) is 0.0833. The monoisotopic (exact) mass is 638 g/mol. The van der Waals surface area contributed by atoms with Gasteiger partial charge in [0, 0.05) is 33.2 Å². The van der Waals surface area contributed by atoms with E-state index in [2.05, 4.69) is 182 Å². The Balaban J connectivity index is 1.26. The maximum absolute atomic E-state index is 2.50. The van der Waals surface area contributed by atoms with Gasteiger partial charge >= 0.3 is 0 Å². The van der Waals surface area contributed by atoms with Crippen molar-refractivity contribution in [1.29, 1.82) is 0 Å². The molecule has 50 heavy (non-hydrogen) atoms. The van der Waals surface area contributed by atoms with E-state index in [1.165, 1.54) is 105 Å². The van der Waals surface area contributed by atoms with Crippen molar-refractivity contribution >= 4 is 32.7 Å². The molecule has 2 aliphatic rings. The zero-order valence-corrected chi connectivity index (χ0v) is 28.3. The van der Waals surface area contributed by atoms with Crippen LogP contribution < -0.4 is 0 Å². The van der Waals surface area contributed by atoms with E-state index in [-0.39, 0.29) is 0 Å². The molecule has 2 nitrogen and oxygen atoms in total. The van der Waals surface area contributed by atoms with Gasteiger partial charge in [0.05, 0.1) is 22.0 Å². The Bertz CT molecular complexity index is 2860. The van der Waals surface area contributed by atoms with Crippen LogP contribution in [0.1, 0.15) is 39.1 Å². The third-order valence-corrected chi connectivity index (χ3v) is 11.8. The molecule has 1 atom stereocenters. The molecule has 0 aliphatic heterocycles. The van der Waals surface area contributed by atoms with E-state index in [0.29, 0.717) is 0 Å². The molecule has 1 unspecified atom stereocenters. The summed E-state index contributed by atoms with van der Waals surface area (Å²) in [7, 11) is 0. The summed E-state index contributed by atoms with van der Waals surface area (Å²) in [5, 5.41) is 3.87. The first-order valence-corrected chi connectivity index (χ1v) is 17.6. The fourth-order valence-corrected chi connectivity index (χ4v) is 9.61. The smallest absolute Gasteiger partial charge is 0.0727 e. The zero-order valence-electron chi connectivity index (χ0n) is 28.3. The normalized spacial score (nSPS) is 15.6. The van der Waals surface area contributed by atoms with Crippen LogP contribution in [0.4, 0.5) is 0 Å². The van der Waals surface area contributed by atoms with Gasteiger partial charge in [0.25, 0.3) is 0 Å². The van der Waals surface area contributed by atoms with E-state index in [1.54, 1.807) is 0 Å². The Morgan fingerprint density at radius 1 is 0.380 bits per heavy atom. The topological polar surface area (TPSA) is 9.86 Å². The van der Waals surface area contributed by atoms with Crippen LogP contribution in [0.2, 0.25) is 0 Å². The second kappa shape index (κ2) is 9.74. The molecule has 0 amide bonds. The highest BCUT2D eigenvalue weighted by Crippen LogP contribution is 2.63. The first kappa shape index (κ1) is 27.8. The van der Waals surface area contributed by atoms with Crippen LogP contribution in [0.3, 0.4) is 0 Å². The molecule has 0 saturated heterocycles. The summed E-state index contributed by atoms with van der Waals surface area (Å²) in [6.45, 7) is 6.74. The van der Waals surface area contributed by atoms with Crippen LogP contribution >= 0.6 is 0 Å². The first-order valence-electron chi connectivity index (χ1n) is 17.6. The van der Waals surface area contributed by atoms with Crippen molar-refractivity contribution in [3.63, 3.8) is 0 Å². The van der Waals surface area contributed by atoms with Crippen LogP contribution in [0.15, 0.2) is 152 Å². The van der Waals surface area contributed by atoms with Gasteiger partial charge in [-0.2, -0.15) is 0 Å². The van der Waals surface area contributed by atoms with Crippen molar-refractivity contribution in [2.24, 2.45) is 0 Å². The first-order chi connectivity index (χ1) is 24.6. The number of benzene rings is 7. The number of rotatable bonds is 2. The Morgan fingerprint density at radius 2 is 0.840 bits per heavy atom. The predicted octanol–water partition coefficient (Wildman–Crippen LogP) is 12.0. The summed E-state index contributed by atoms with van der Waals surface area (Å²) in [6, 6.07) is 57.1. The lowest BCUT2D eigenvalue weighted by Gasteiger charge is -2.31. The Morgan fingerprint density at radius 3 is 1.48 bits per heavy atom. The van der Waals surface area contributed by atoms with Crippen molar-refractivity contribution < 1.29 is 0 Å². The number of nitrogens with zero attached hydrogens (tertiary/aromatic N) is 2. The number of aryl methyl sites for hydroxylation is 2. The maximum Gasteiger partial charge on any atom is 0.0727 e. The van der Waals surface area contributed by atoms with E-state index >= 15 is 0 Å². The molecule has 11 rings (SSSR count). The summed E-state index contributed by atoms with van der Waals surface area (Å²) in [5.74, 6) is 0. The predicted molar refractivity (Wildman–Crippen MR) is 208 cm³/mol. The lowest BCUT2D eigenvalue weighted by Crippen LogP contribution is -2.26. The molecule has 2 heteroatoms. The van der Waals surface area contributed by atoms with Gasteiger partial charge < -0.3 is 9.13 Å². The van der Waals surface area contributed by atoms with Crippen molar-refractivity contribution in [1.82, 2.24) is 9.13 Å². The van der Waals surface area contributed by atoms with E-state index < -0.39 is 5.41 Å². The number of hydrogen-bond donors (Lipinski definition) is 0. The largest absolute Gasteiger partial charge is 0.314 e. The van der Waals surface area contributed by atoms with Gasteiger partial charge in [-0.1, -0.05) is 115 Å². The Kier molecular flexibility index (Phi) is 5.41. The average Bonchev–Trinajstić information content (AvgIpc) is 3.82. The number of aromatic nitrogens is 2. The fourth-order valence-electron chi connectivity index (χ4n) is 9.61. The lowest BCUT2D eigenvalue weighted by molar-refractivity contribution is 0.789. The third-order valence-electron chi connectivity index (χ3n) is 11.8. The summed E-state index contributed by atoms with van der Waals surface area (Å²) in [6.07, 6.45) is 0. The highest BCUT2D eigenvalue weighted by Gasteiger charge is 2.52. The summed E-state index contributed by atoms with van der Waals surface area (Å²) >= 11 is 0. The SMILES string of the molecule is Cc1ccc2c(c1)C1(c3ccccc3-2)c2cc(-n3c(C)c(C)c4ccccc43)ccc2-c2ccc(-n3c4ccccc4c4ccccc43)cc21.